The summed E-state index contributed by atoms with van der Waals surface area (Å²) in [6, 6.07) is 0. The molecule has 1 aromatic heterocycles. The van der Waals surface area contributed by atoms with Gasteiger partial charge in [-0.05, 0) is 20.8 Å². The molecule has 2 rings (SSSR count). The van der Waals surface area contributed by atoms with Gasteiger partial charge < -0.3 is 19.5 Å². The zero-order valence-corrected chi connectivity index (χ0v) is 14.6. The first-order valence-corrected chi connectivity index (χ1v) is 7.98. The van der Waals surface area contributed by atoms with Crippen molar-refractivity contribution in [2.75, 3.05) is 34.0 Å². The highest BCUT2D eigenvalue weighted by Gasteiger charge is 2.34. The predicted molar refractivity (Wildman–Crippen MR) is 85.6 cm³/mol. The van der Waals surface area contributed by atoms with E-state index in [1.54, 1.807) is 14.2 Å². The number of aryl methyl sites for hydroxylation is 2. The van der Waals surface area contributed by atoms with Crippen molar-refractivity contribution < 1.29 is 19.0 Å². The summed E-state index contributed by atoms with van der Waals surface area (Å²) in [5.41, 5.74) is 2.29. The Morgan fingerprint density at radius 2 is 2.09 bits per heavy atom. The molecule has 0 aromatic carbocycles. The molecule has 1 saturated heterocycles. The average Bonchev–Trinajstić information content (AvgIpc) is 2.85. The van der Waals surface area contributed by atoms with Gasteiger partial charge in [0.2, 0.25) is 0 Å². The zero-order valence-electron chi connectivity index (χ0n) is 14.6. The highest BCUT2D eigenvalue weighted by Crippen LogP contribution is 2.20. The number of hydrogen-bond acceptors (Lipinski definition) is 5. The molecule has 0 saturated carbocycles. The van der Waals surface area contributed by atoms with Crippen LogP contribution in [0.15, 0.2) is 0 Å². The van der Waals surface area contributed by atoms with E-state index in [2.05, 4.69) is 10.4 Å². The van der Waals surface area contributed by atoms with E-state index in [-0.39, 0.29) is 24.0 Å². The van der Waals surface area contributed by atoms with Crippen LogP contribution in [0.3, 0.4) is 0 Å². The minimum atomic E-state index is -0.109. The van der Waals surface area contributed by atoms with Crippen molar-refractivity contribution in [2.24, 2.45) is 5.92 Å². The SMILES string of the molecule is CCn1nc(C)c(C(=O)NC[C@@H]2COC[C@@H](OC)[C@H]2OC)c1C. The number of aromatic nitrogens is 2. The third kappa shape index (κ3) is 3.73. The van der Waals surface area contributed by atoms with Gasteiger partial charge in [0.25, 0.3) is 5.91 Å². The van der Waals surface area contributed by atoms with E-state index in [1.807, 2.05) is 25.5 Å². The summed E-state index contributed by atoms with van der Waals surface area (Å²) in [4.78, 5) is 12.5. The molecule has 0 radical (unpaired) electrons. The van der Waals surface area contributed by atoms with E-state index in [4.69, 9.17) is 14.2 Å². The van der Waals surface area contributed by atoms with Crippen LogP contribution in [0.4, 0.5) is 0 Å². The van der Waals surface area contributed by atoms with Gasteiger partial charge in [0, 0.05) is 38.9 Å². The van der Waals surface area contributed by atoms with Gasteiger partial charge in [-0.1, -0.05) is 0 Å². The summed E-state index contributed by atoms with van der Waals surface area (Å²) in [7, 11) is 3.31. The molecule has 0 aliphatic carbocycles. The second-order valence-corrected chi connectivity index (χ2v) is 5.84. The monoisotopic (exact) mass is 325 g/mol. The second kappa shape index (κ2) is 7.90. The number of nitrogens with zero attached hydrogens (tertiary/aromatic N) is 2. The third-order valence-electron chi connectivity index (χ3n) is 4.45. The van der Waals surface area contributed by atoms with Gasteiger partial charge in [-0.2, -0.15) is 5.10 Å². The fraction of sp³-hybridized carbons (Fsp3) is 0.750. The standard InChI is InChI=1S/C16H27N3O4/c1-6-19-11(3)14(10(2)18-19)16(20)17-7-12-8-23-9-13(21-4)15(12)22-5/h12-13,15H,6-9H2,1-5H3,(H,17,20)/t12-,13-,15+/m1/s1. The summed E-state index contributed by atoms with van der Waals surface area (Å²) in [6.45, 7) is 8.07. The molecule has 1 fully saturated rings. The maximum atomic E-state index is 12.5. The first-order chi connectivity index (χ1) is 11.0. The van der Waals surface area contributed by atoms with Crippen LogP contribution in [0.2, 0.25) is 0 Å². The molecule has 1 aliphatic rings. The van der Waals surface area contributed by atoms with Crippen molar-refractivity contribution in [3.63, 3.8) is 0 Å². The van der Waals surface area contributed by atoms with E-state index in [9.17, 15) is 4.79 Å². The van der Waals surface area contributed by atoms with Crippen LogP contribution in [0.25, 0.3) is 0 Å². The lowest BCUT2D eigenvalue weighted by Crippen LogP contribution is -2.50. The van der Waals surface area contributed by atoms with Crippen molar-refractivity contribution in [1.29, 1.82) is 0 Å². The zero-order chi connectivity index (χ0) is 17.0. The highest BCUT2D eigenvalue weighted by molar-refractivity contribution is 5.96. The fourth-order valence-corrected chi connectivity index (χ4v) is 3.20. The minimum Gasteiger partial charge on any atom is -0.378 e. The van der Waals surface area contributed by atoms with Crippen molar-refractivity contribution in [3.05, 3.63) is 17.0 Å². The normalized spacial score (nSPS) is 24.7. The van der Waals surface area contributed by atoms with Crippen LogP contribution < -0.4 is 5.32 Å². The Morgan fingerprint density at radius 1 is 1.35 bits per heavy atom. The number of carbonyl (C=O) groups is 1. The van der Waals surface area contributed by atoms with Crippen LogP contribution in [-0.4, -0.2) is 61.9 Å². The molecular weight excluding hydrogens is 298 g/mol. The molecule has 3 atom stereocenters. The smallest absolute Gasteiger partial charge is 0.255 e. The van der Waals surface area contributed by atoms with E-state index in [1.165, 1.54) is 0 Å². The molecule has 1 amide bonds. The van der Waals surface area contributed by atoms with Gasteiger partial charge in [-0.15, -0.1) is 0 Å². The number of carbonyl (C=O) groups excluding carboxylic acids is 1. The fourth-order valence-electron chi connectivity index (χ4n) is 3.20. The minimum absolute atomic E-state index is 0.0597. The lowest BCUT2D eigenvalue weighted by Gasteiger charge is -2.36. The van der Waals surface area contributed by atoms with E-state index in [0.29, 0.717) is 25.3 Å². The number of ether oxygens (including phenoxy) is 3. The number of amides is 1. The number of methoxy groups -OCH3 is 2. The Hall–Kier alpha value is -1.44. The molecule has 1 aliphatic heterocycles. The Morgan fingerprint density at radius 3 is 2.65 bits per heavy atom. The maximum absolute atomic E-state index is 12.5. The van der Waals surface area contributed by atoms with Crippen molar-refractivity contribution in [3.8, 4) is 0 Å². The number of hydrogen-bond donors (Lipinski definition) is 1. The first-order valence-electron chi connectivity index (χ1n) is 7.98. The van der Waals surface area contributed by atoms with Gasteiger partial charge in [0.05, 0.1) is 30.6 Å². The molecule has 1 N–H and O–H groups in total. The molecule has 23 heavy (non-hydrogen) atoms. The van der Waals surface area contributed by atoms with E-state index >= 15 is 0 Å². The second-order valence-electron chi connectivity index (χ2n) is 5.84. The average molecular weight is 325 g/mol. The molecular formula is C16H27N3O4. The Kier molecular flexibility index (Phi) is 6.15. The van der Waals surface area contributed by atoms with Gasteiger partial charge >= 0.3 is 0 Å². The number of nitrogens with one attached hydrogen (secondary N) is 1. The van der Waals surface area contributed by atoms with Crippen LogP contribution in [0.5, 0.6) is 0 Å². The quantitative estimate of drug-likeness (QED) is 0.842. The highest BCUT2D eigenvalue weighted by atomic mass is 16.6. The van der Waals surface area contributed by atoms with Crippen LogP contribution in [0, 0.1) is 19.8 Å². The predicted octanol–water partition coefficient (Wildman–Crippen LogP) is 0.926. The van der Waals surface area contributed by atoms with Gasteiger partial charge in [0.15, 0.2) is 0 Å². The molecule has 1 aromatic rings. The van der Waals surface area contributed by atoms with Gasteiger partial charge in [-0.25, -0.2) is 0 Å². The summed E-state index contributed by atoms with van der Waals surface area (Å²) >= 11 is 0. The lowest BCUT2D eigenvalue weighted by molar-refractivity contribution is -0.145. The van der Waals surface area contributed by atoms with E-state index < -0.39 is 0 Å². The largest absolute Gasteiger partial charge is 0.378 e. The molecule has 7 heteroatoms. The van der Waals surface area contributed by atoms with Crippen molar-refractivity contribution in [1.82, 2.24) is 15.1 Å². The number of rotatable bonds is 6. The van der Waals surface area contributed by atoms with Crippen molar-refractivity contribution in [2.45, 2.75) is 39.5 Å². The Balaban J connectivity index is 2.02. The van der Waals surface area contributed by atoms with E-state index in [0.717, 1.165) is 17.9 Å². The molecule has 0 bridgehead atoms. The van der Waals surface area contributed by atoms with Crippen LogP contribution in [-0.2, 0) is 20.8 Å². The maximum Gasteiger partial charge on any atom is 0.255 e. The van der Waals surface area contributed by atoms with Crippen LogP contribution in [0.1, 0.15) is 28.7 Å². The van der Waals surface area contributed by atoms with Gasteiger partial charge in [0.1, 0.15) is 6.10 Å². The molecule has 0 unspecified atom stereocenters. The summed E-state index contributed by atoms with van der Waals surface area (Å²) < 4.78 is 18.3. The summed E-state index contributed by atoms with van der Waals surface area (Å²) in [5, 5.41) is 7.38. The Bertz CT molecular complexity index is 544. The lowest BCUT2D eigenvalue weighted by atomic mass is 9.96. The molecule has 0 spiro atoms. The third-order valence-corrected chi connectivity index (χ3v) is 4.45. The Labute approximate surface area is 137 Å². The molecule has 130 valence electrons. The van der Waals surface area contributed by atoms with Crippen molar-refractivity contribution >= 4 is 5.91 Å². The molecule has 2 heterocycles. The molecule has 7 nitrogen and oxygen atoms in total. The first kappa shape index (κ1) is 17.9. The van der Waals surface area contributed by atoms with Crippen LogP contribution >= 0.6 is 0 Å². The summed E-state index contributed by atoms with van der Waals surface area (Å²) in [5.74, 6) is -0.0430. The topological polar surface area (TPSA) is 74.6 Å². The van der Waals surface area contributed by atoms with Gasteiger partial charge in [-0.3, -0.25) is 9.48 Å². The summed E-state index contributed by atoms with van der Waals surface area (Å²) in [6.07, 6.45) is -0.198.